The summed E-state index contributed by atoms with van der Waals surface area (Å²) in [6, 6.07) is 6.19. The van der Waals surface area contributed by atoms with Crippen LogP contribution < -0.4 is 10.6 Å². The zero-order valence-electron chi connectivity index (χ0n) is 16.9. The number of hydrogen-bond acceptors (Lipinski definition) is 4. The van der Waals surface area contributed by atoms with E-state index in [-0.39, 0.29) is 34.3 Å². The Labute approximate surface area is 172 Å². The Hall–Kier alpha value is -1.89. The second-order valence-electron chi connectivity index (χ2n) is 9.18. The number of hydrogen-bond donors (Lipinski definition) is 2. The van der Waals surface area contributed by atoms with E-state index in [1.807, 2.05) is 0 Å². The third kappa shape index (κ3) is 4.20. The minimum atomic E-state index is -3.25. The van der Waals surface area contributed by atoms with E-state index in [2.05, 4.69) is 10.6 Å². The largest absolute Gasteiger partial charge is 0.355 e. The summed E-state index contributed by atoms with van der Waals surface area (Å²) in [6.07, 6.45) is 7.15. The minimum Gasteiger partial charge on any atom is -0.355 e. The Morgan fingerprint density at radius 1 is 1.00 bits per heavy atom. The molecule has 29 heavy (non-hydrogen) atoms. The van der Waals surface area contributed by atoms with E-state index in [9.17, 15) is 18.0 Å². The molecule has 1 aromatic carbocycles. The number of carbonyl (C=O) groups excluding carboxylic acids is 2. The highest BCUT2D eigenvalue weighted by molar-refractivity contribution is 7.91. The molecule has 4 bridgehead atoms. The van der Waals surface area contributed by atoms with Crippen LogP contribution in [0.3, 0.4) is 0 Å². The van der Waals surface area contributed by atoms with Gasteiger partial charge in [0.25, 0.3) is 0 Å². The summed E-state index contributed by atoms with van der Waals surface area (Å²) >= 11 is 0. The summed E-state index contributed by atoms with van der Waals surface area (Å²) in [6.45, 7) is 1.93. The van der Waals surface area contributed by atoms with Crippen LogP contribution in [0.4, 0.5) is 5.69 Å². The maximum absolute atomic E-state index is 12.9. The average molecular weight is 419 g/mol. The second kappa shape index (κ2) is 7.74. The van der Waals surface area contributed by atoms with Crippen molar-refractivity contribution in [2.45, 2.75) is 56.8 Å². The van der Waals surface area contributed by atoms with Crippen LogP contribution >= 0.6 is 0 Å². The Bertz CT molecular complexity index is 857. The van der Waals surface area contributed by atoms with Crippen molar-refractivity contribution >= 4 is 27.3 Å². The van der Waals surface area contributed by atoms with Crippen molar-refractivity contribution in [3.05, 3.63) is 24.3 Å². The van der Waals surface area contributed by atoms with Gasteiger partial charge in [-0.25, -0.2) is 8.42 Å². The van der Waals surface area contributed by atoms with Crippen LogP contribution in [-0.4, -0.2) is 32.5 Å². The van der Waals surface area contributed by atoms with Gasteiger partial charge in [0.15, 0.2) is 9.84 Å². The molecule has 0 aromatic heterocycles. The molecule has 5 rings (SSSR count). The molecule has 0 radical (unpaired) electrons. The van der Waals surface area contributed by atoms with E-state index in [4.69, 9.17) is 0 Å². The molecule has 4 fully saturated rings. The van der Waals surface area contributed by atoms with Gasteiger partial charge in [0, 0.05) is 24.1 Å². The first kappa shape index (κ1) is 20.4. The highest BCUT2D eigenvalue weighted by Gasteiger charge is 2.54. The van der Waals surface area contributed by atoms with Gasteiger partial charge in [0.05, 0.1) is 10.6 Å². The Kier molecular flexibility index (Phi) is 5.44. The Balaban J connectivity index is 1.26. The molecule has 158 valence electrons. The summed E-state index contributed by atoms with van der Waals surface area (Å²) in [4.78, 5) is 25.3. The van der Waals surface area contributed by atoms with Crippen molar-refractivity contribution in [2.24, 2.45) is 23.2 Å². The molecule has 0 spiro atoms. The van der Waals surface area contributed by atoms with Gasteiger partial charge in [-0.15, -0.1) is 0 Å². The summed E-state index contributed by atoms with van der Waals surface area (Å²) in [5.74, 6) is 2.14. The molecule has 1 aromatic rings. The third-order valence-corrected chi connectivity index (χ3v) is 8.79. The lowest BCUT2D eigenvalue weighted by Crippen LogP contribution is -2.53. The average Bonchev–Trinajstić information content (AvgIpc) is 2.67. The number of nitrogens with one attached hydrogen (secondary N) is 2. The first-order valence-corrected chi connectivity index (χ1v) is 12.4. The minimum absolute atomic E-state index is 0.0438. The SMILES string of the molecule is CCS(=O)(=O)c1ccc(NC(=O)CCNC(=O)C23CC4CC(CC(C4)C2)C3)cc1. The smallest absolute Gasteiger partial charge is 0.226 e. The molecule has 0 unspecified atom stereocenters. The van der Waals surface area contributed by atoms with Gasteiger partial charge < -0.3 is 10.6 Å². The maximum Gasteiger partial charge on any atom is 0.226 e. The van der Waals surface area contributed by atoms with Gasteiger partial charge in [-0.05, 0) is 80.5 Å². The number of anilines is 1. The van der Waals surface area contributed by atoms with Gasteiger partial charge in [-0.1, -0.05) is 6.92 Å². The molecule has 6 nitrogen and oxygen atoms in total. The van der Waals surface area contributed by atoms with Gasteiger partial charge >= 0.3 is 0 Å². The molecule has 2 amide bonds. The Morgan fingerprint density at radius 3 is 2.07 bits per heavy atom. The Morgan fingerprint density at radius 2 is 1.55 bits per heavy atom. The fraction of sp³-hybridized carbons (Fsp3) is 0.636. The van der Waals surface area contributed by atoms with E-state index in [0.717, 1.165) is 37.0 Å². The van der Waals surface area contributed by atoms with Crippen LogP contribution in [0.1, 0.15) is 51.9 Å². The summed E-state index contributed by atoms with van der Waals surface area (Å²) in [5, 5.41) is 5.78. The lowest BCUT2D eigenvalue weighted by atomic mass is 9.49. The van der Waals surface area contributed by atoms with Gasteiger partial charge in [-0.2, -0.15) is 0 Å². The van der Waals surface area contributed by atoms with Crippen LogP contribution in [0.15, 0.2) is 29.2 Å². The number of rotatable bonds is 7. The van der Waals surface area contributed by atoms with Crippen molar-refractivity contribution in [1.82, 2.24) is 5.32 Å². The fourth-order valence-electron chi connectivity index (χ4n) is 6.00. The zero-order valence-corrected chi connectivity index (χ0v) is 17.8. The van der Waals surface area contributed by atoms with Crippen molar-refractivity contribution < 1.29 is 18.0 Å². The lowest BCUT2D eigenvalue weighted by Gasteiger charge is -2.55. The summed E-state index contributed by atoms with van der Waals surface area (Å²) in [5.41, 5.74) is 0.365. The second-order valence-corrected chi connectivity index (χ2v) is 11.5. The van der Waals surface area contributed by atoms with Crippen molar-refractivity contribution in [3.63, 3.8) is 0 Å². The number of amides is 2. The molecule has 0 saturated heterocycles. The van der Waals surface area contributed by atoms with Gasteiger partial charge in [0.1, 0.15) is 0 Å². The van der Waals surface area contributed by atoms with Gasteiger partial charge in [-0.3, -0.25) is 9.59 Å². The van der Waals surface area contributed by atoms with Gasteiger partial charge in [0.2, 0.25) is 11.8 Å². The molecular weight excluding hydrogens is 388 g/mol. The van der Waals surface area contributed by atoms with Crippen LogP contribution in [-0.2, 0) is 19.4 Å². The first-order chi connectivity index (χ1) is 13.8. The third-order valence-electron chi connectivity index (χ3n) is 7.03. The highest BCUT2D eigenvalue weighted by atomic mass is 32.2. The van der Waals surface area contributed by atoms with E-state index in [1.165, 1.54) is 31.4 Å². The molecule has 0 aliphatic heterocycles. The maximum atomic E-state index is 12.9. The standard InChI is InChI=1S/C22H30N2O4S/c1-2-29(27,28)19-5-3-18(4-6-19)24-20(25)7-8-23-21(26)22-12-15-9-16(13-22)11-17(10-15)14-22/h3-6,15-17H,2,7-14H2,1H3,(H,23,26)(H,24,25). The number of carbonyl (C=O) groups is 2. The van der Waals surface area contributed by atoms with Crippen molar-refractivity contribution in [1.29, 1.82) is 0 Å². The molecule has 4 saturated carbocycles. The predicted molar refractivity (Wildman–Crippen MR) is 111 cm³/mol. The molecule has 7 heteroatoms. The number of benzene rings is 1. The molecule has 4 aliphatic rings. The van der Waals surface area contributed by atoms with E-state index >= 15 is 0 Å². The van der Waals surface area contributed by atoms with Crippen LogP contribution in [0.25, 0.3) is 0 Å². The molecule has 4 aliphatic carbocycles. The fourth-order valence-corrected chi connectivity index (χ4v) is 6.89. The van der Waals surface area contributed by atoms with Crippen molar-refractivity contribution in [2.75, 3.05) is 17.6 Å². The molecular formula is C22H30N2O4S. The monoisotopic (exact) mass is 418 g/mol. The van der Waals surface area contributed by atoms with Crippen LogP contribution in [0.2, 0.25) is 0 Å². The molecule has 2 N–H and O–H groups in total. The summed E-state index contributed by atoms with van der Waals surface area (Å²) < 4.78 is 23.7. The van der Waals surface area contributed by atoms with Crippen LogP contribution in [0.5, 0.6) is 0 Å². The predicted octanol–water partition coefficient (Wildman–Crippen LogP) is 3.14. The lowest BCUT2D eigenvalue weighted by molar-refractivity contribution is -0.146. The van der Waals surface area contributed by atoms with Crippen LogP contribution in [0, 0.1) is 23.2 Å². The number of sulfone groups is 1. The highest BCUT2D eigenvalue weighted by Crippen LogP contribution is 2.60. The summed E-state index contributed by atoms with van der Waals surface area (Å²) in [7, 11) is -3.25. The first-order valence-electron chi connectivity index (χ1n) is 10.7. The normalized spacial score (nSPS) is 30.2. The quantitative estimate of drug-likeness (QED) is 0.711. The van der Waals surface area contributed by atoms with E-state index in [0.29, 0.717) is 12.2 Å². The zero-order chi connectivity index (χ0) is 20.6. The topological polar surface area (TPSA) is 92.3 Å². The molecule has 0 atom stereocenters. The van der Waals surface area contributed by atoms with Crippen molar-refractivity contribution in [3.8, 4) is 0 Å². The van der Waals surface area contributed by atoms with E-state index in [1.54, 1.807) is 19.1 Å². The molecule has 0 heterocycles. The van der Waals surface area contributed by atoms with E-state index < -0.39 is 9.84 Å².